The second kappa shape index (κ2) is 5.03. The van der Waals surface area contributed by atoms with Gasteiger partial charge in [-0.2, -0.15) is 0 Å². The molecule has 0 radical (unpaired) electrons. The molecule has 0 spiro atoms. The van der Waals surface area contributed by atoms with Crippen LogP contribution in [0.1, 0.15) is 37.3 Å². The zero-order valence-electron chi connectivity index (χ0n) is 11.7. The van der Waals surface area contributed by atoms with Crippen molar-refractivity contribution < 1.29 is 4.79 Å². The highest BCUT2D eigenvalue weighted by Gasteiger charge is 2.29. The molecule has 1 unspecified atom stereocenters. The number of hydrogen-bond donors (Lipinski definition) is 0. The summed E-state index contributed by atoms with van der Waals surface area (Å²) in [5.74, 6) is 1.71. The second-order valence-electron chi connectivity index (χ2n) is 5.02. The molecule has 0 bridgehead atoms. The van der Waals surface area contributed by atoms with Crippen molar-refractivity contribution in [3.8, 4) is 5.82 Å². The molecular formula is C14H17N5O. The number of carbonyl (C=O) groups is 1. The molecule has 1 aliphatic heterocycles. The molecule has 3 rings (SSSR count). The van der Waals surface area contributed by atoms with Gasteiger partial charge in [0.25, 0.3) is 0 Å². The Bertz CT molecular complexity index is 636. The van der Waals surface area contributed by atoms with Gasteiger partial charge in [-0.3, -0.25) is 14.3 Å². The fourth-order valence-electron chi connectivity index (χ4n) is 2.72. The molecule has 1 aliphatic rings. The Hall–Kier alpha value is -2.24. The number of carbonyl (C=O) groups excluding carboxylic acids is 1. The fourth-order valence-corrected chi connectivity index (χ4v) is 2.72. The summed E-state index contributed by atoms with van der Waals surface area (Å²) in [4.78, 5) is 26.7. The number of rotatable bonds is 2. The molecule has 1 atom stereocenters. The van der Waals surface area contributed by atoms with Crippen LogP contribution in [0, 0.1) is 6.92 Å². The van der Waals surface area contributed by atoms with E-state index < -0.39 is 0 Å². The van der Waals surface area contributed by atoms with Crippen LogP contribution in [0.5, 0.6) is 0 Å². The Morgan fingerprint density at radius 1 is 1.40 bits per heavy atom. The third-order valence-corrected chi connectivity index (χ3v) is 3.71. The SMILES string of the molecule is CC(=O)N1CCCC1c1cncc(-n2ccnc2C)n1. The number of aromatic nitrogens is 4. The van der Waals surface area contributed by atoms with Gasteiger partial charge in [0, 0.05) is 25.9 Å². The molecular weight excluding hydrogens is 254 g/mol. The summed E-state index contributed by atoms with van der Waals surface area (Å²) >= 11 is 0. The molecule has 6 nitrogen and oxygen atoms in total. The Morgan fingerprint density at radius 2 is 2.25 bits per heavy atom. The first kappa shape index (κ1) is 12.8. The average molecular weight is 271 g/mol. The first-order chi connectivity index (χ1) is 9.66. The van der Waals surface area contributed by atoms with Crippen LogP contribution in [0.4, 0.5) is 0 Å². The van der Waals surface area contributed by atoms with Crippen molar-refractivity contribution in [1.82, 2.24) is 24.4 Å². The van der Waals surface area contributed by atoms with Crippen LogP contribution in [0.15, 0.2) is 24.8 Å². The number of aryl methyl sites for hydroxylation is 1. The van der Waals surface area contributed by atoms with Crippen LogP contribution in [0.3, 0.4) is 0 Å². The normalized spacial score (nSPS) is 18.5. The van der Waals surface area contributed by atoms with Gasteiger partial charge < -0.3 is 4.90 Å². The maximum atomic E-state index is 11.7. The minimum atomic E-state index is 0.0452. The molecule has 0 aliphatic carbocycles. The van der Waals surface area contributed by atoms with E-state index in [9.17, 15) is 4.79 Å². The molecule has 0 saturated carbocycles. The van der Waals surface area contributed by atoms with Crippen molar-refractivity contribution >= 4 is 5.91 Å². The highest BCUT2D eigenvalue weighted by Crippen LogP contribution is 2.30. The van der Waals surface area contributed by atoms with Crippen LogP contribution in [-0.2, 0) is 4.79 Å². The van der Waals surface area contributed by atoms with Gasteiger partial charge >= 0.3 is 0 Å². The molecule has 2 aromatic heterocycles. The minimum absolute atomic E-state index is 0.0452. The van der Waals surface area contributed by atoms with Crippen LogP contribution >= 0.6 is 0 Å². The van der Waals surface area contributed by atoms with E-state index in [2.05, 4.69) is 15.0 Å². The lowest BCUT2D eigenvalue weighted by atomic mass is 10.1. The summed E-state index contributed by atoms with van der Waals surface area (Å²) < 4.78 is 1.89. The van der Waals surface area contributed by atoms with Crippen LogP contribution in [-0.4, -0.2) is 36.9 Å². The maximum Gasteiger partial charge on any atom is 0.220 e. The van der Waals surface area contributed by atoms with Crippen molar-refractivity contribution in [2.75, 3.05) is 6.54 Å². The standard InChI is InChI=1S/C14H17N5O/c1-10-16-5-7-18(10)14-9-15-8-12(17-14)13-4-3-6-19(13)11(2)20/h5,7-9,13H,3-4,6H2,1-2H3. The van der Waals surface area contributed by atoms with E-state index in [1.807, 2.05) is 22.6 Å². The minimum Gasteiger partial charge on any atom is -0.334 e. The summed E-state index contributed by atoms with van der Waals surface area (Å²) in [7, 11) is 0. The fraction of sp³-hybridized carbons (Fsp3) is 0.429. The van der Waals surface area contributed by atoms with E-state index in [0.717, 1.165) is 36.7 Å². The van der Waals surface area contributed by atoms with E-state index in [-0.39, 0.29) is 11.9 Å². The molecule has 0 N–H and O–H groups in total. The molecule has 1 saturated heterocycles. The molecule has 1 fully saturated rings. The number of nitrogens with zero attached hydrogens (tertiary/aromatic N) is 5. The van der Waals surface area contributed by atoms with E-state index >= 15 is 0 Å². The zero-order valence-corrected chi connectivity index (χ0v) is 11.7. The van der Waals surface area contributed by atoms with Crippen LogP contribution < -0.4 is 0 Å². The van der Waals surface area contributed by atoms with Gasteiger partial charge in [-0.15, -0.1) is 0 Å². The van der Waals surface area contributed by atoms with E-state index in [4.69, 9.17) is 0 Å². The largest absolute Gasteiger partial charge is 0.334 e. The van der Waals surface area contributed by atoms with Crippen molar-refractivity contribution in [2.24, 2.45) is 0 Å². The number of likely N-dealkylation sites (tertiary alicyclic amines) is 1. The highest BCUT2D eigenvalue weighted by atomic mass is 16.2. The molecule has 1 amide bonds. The number of hydrogen-bond acceptors (Lipinski definition) is 4. The molecule has 2 aromatic rings. The lowest BCUT2D eigenvalue weighted by molar-refractivity contribution is -0.129. The lowest BCUT2D eigenvalue weighted by Crippen LogP contribution is -2.28. The number of imidazole rings is 1. The first-order valence-corrected chi connectivity index (χ1v) is 6.76. The monoisotopic (exact) mass is 271 g/mol. The predicted molar refractivity (Wildman–Crippen MR) is 73.3 cm³/mol. The second-order valence-corrected chi connectivity index (χ2v) is 5.02. The van der Waals surface area contributed by atoms with Crippen LogP contribution in [0.2, 0.25) is 0 Å². The molecule has 20 heavy (non-hydrogen) atoms. The third-order valence-electron chi connectivity index (χ3n) is 3.71. The first-order valence-electron chi connectivity index (χ1n) is 6.76. The van der Waals surface area contributed by atoms with E-state index in [0.29, 0.717) is 0 Å². The van der Waals surface area contributed by atoms with Gasteiger partial charge in [0.05, 0.1) is 24.1 Å². The summed E-state index contributed by atoms with van der Waals surface area (Å²) in [5, 5.41) is 0. The molecule has 0 aromatic carbocycles. The Labute approximate surface area is 117 Å². The lowest BCUT2D eigenvalue weighted by Gasteiger charge is -2.22. The number of amides is 1. The highest BCUT2D eigenvalue weighted by molar-refractivity contribution is 5.74. The van der Waals surface area contributed by atoms with Crippen molar-refractivity contribution in [3.63, 3.8) is 0 Å². The summed E-state index contributed by atoms with van der Waals surface area (Å²) in [5.41, 5.74) is 0.850. The summed E-state index contributed by atoms with van der Waals surface area (Å²) in [6.07, 6.45) is 9.02. The van der Waals surface area contributed by atoms with Gasteiger partial charge in [-0.25, -0.2) is 9.97 Å². The predicted octanol–water partition coefficient (Wildman–Crippen LogP) is 1.65. The van der Waals surface area contributed by atoms with Gasteiger partial charge in [-0.1, -0.05) is 0 Å². The Balaban J connectivity index is 1.96. The van der Waals surface area contributed by atoms with E-state index in [1.54, 1.807) is 25.5 Å². The van der Waals surface area contributed by atoms with Gasteiger partial charge in [-0.05, 0) is 19.8 Å². The third kappa shape index (κ3) is 2.17. The Kier molecular flexibility index (Phi) is 3.22. The van der Waals surface area contributed by atoms with Gasteiger partial charge in [0.1, 0.15) is 5.82 Å². The van der Waals surface area contributed by atoms with Gasteiger partial charge in [0.2, 0.25) is 5.91 Å². The quantitative estimate of drug-likeness (QED) is 0.833. The van der Waals surface area contributed by atoms with E-state index in [1.165, 1.54) is 0 Å². The molecule has 6 heteroatoms. The van der Waals surface area contributed by atoms with Gasteiger partial charge in [0.15, 0.2) is 5.82 Å². The zero-order chi connectivity index (χ0) is 14.1. The van der Waals surface area contributed by atoms with Crippen molar-refractivity contribution in [1.29, 1.82) is 0 Å². The molecule has 3 heterocycles. The van der Waals surface area contributed by atoms with Crippen molar-refractivity contribution in [3.05, 3.63) is 36.3 Å². The van der Waals surface area contributed by atoms with Crippen LogP contribution in [0.25, 0.3) is 5.82 Å². The summed E-state index contributed by atoms with van der Waals surface area (Å²) in [6, 6.07) is 0.0452. The average Bonchev–Trinajstić information content (AvgIpc) is 3.07. The smallest absolute Gasteiger partial charge is 0.220 e. The Morgan fingerprint density at radius 3 is 2.95 bits per heavy atom. The topological polar surface area (TPSA) is 63.9 Å². The molecule has 104 valence electrons. The maximum absolute atomic E-state index is 11.7. The summed E-state index contributed by atoms with van der Waals surface area (Å²) in [6.45, 7) is 4.33. The van der Waals surface area contributed by atoms with Crippen molar-refractivity contribution in [2.45, 2.75) is 32.7 Å².